The Balaban J connectivity index is 1.45. The number of halogens is 3. The van der Waals surface area contributed by atoms with Crippen LogP contribution in [0.4, 0.5) is 19.1 Å². The number of aryl methyl sites for hydroxylation is 1. The van der Waals surface area contributed by atoms with Crippen molar-refractivity contribution in [3.8, 4) is 22.9 Å². The van der Waals surface area contributed by atoms with Crippen LogP contribution in [0.2, 0.25) is 0 Å². The first-order valence-corrected chi connectivity index (χ1v) is 12.8. The molecule has 0 bridgehead atoms. The number of nitrogens with zero attached hydrogens (tertiary/aromatic N) is 3. The van der Waals surface area contributed by atoms with Crippen LogP contribution in [0.1, 0.15) is 30.4 Å². The second-order valence-electron chi connectivity index (χ2n) is 9.64. The van der Waals surface area contributed by atoms with Gasteiger partial charge in [0.25, 0.3) is 0 Å². The molecule has 39 heavy (non-hydrogen) atoms. The molecule has 1 aliphatic heterocycles. The van der Waals surface area contributed by atoms with Gasteiger partial charge in [0, 0.05) is 36.8 Å². The number of nitrogens with one attached hydrogen (secondary N) is 2. The average molecular weight is 536 g/mol. The van der Waals surface area contributed by atoms with E-state index in [2.05, 4.69) is 20.6 Å². The van der Waals surface area contributed by atoms with Crippen molar-refractivity contribution in [2.75, 3.05) is 18.4 Å². The van der Waals surface area contributed by atoms with E-state index in [-0.39, 0.29) is 12.5 Å². The maximum Gasteiger partial charge on any atom is 0.395 e. The molecule has 5 rings (SSSR count). The highest BCUT2D eigenvalue weighted by molar-refractivity contribution is 5.95. The molecule has 0 spiro atoms. The molecule has 1 aliphatic rings. The summed E-state index contributed by atoms with van der Waals surface area (Å²) in [4.78, 5) is 25.6. The summed E-state index contributed by atoms with van der Waals surface area (Å²) in [6.07, 6.45) is -0.887. The molecule has 0 amide bonds. The first-order chi connectivity index (χ1) is 18.8. The predicted molar refractivity (Wildman–Crippen MR) is 143 cm³/mol. The number of aromatic nitrogens is 3. The van der Waals surface area contributed by atoms with Crippen LogP contribution in [0.3, 0.4) is 0 Å². The second-order valence-corrected chi connectivity index (χ2v) is 9.64. The lowest BCUT2D eigenvalue weighted by Crippen LogP contribution is -2.38. The van der Waals surface area contributed by atoms with Crippen molar-refractivity contribution >= 4 is 22.5 Å². The number of fused-ring (bicyclic) bond motifs is 1. The van der Waals surface area contributed by atoms with Gasteiger partial charge in [0.05, 0.1) is 11.3 Å². The van der Waals surface area contributed by atoms with Gasteiger partial charge >= 0.3 is 6.18 Å². The smallest absolute Gasteiger partial charge is 0.395 e. The topological polar surface area (TPSA) is 89.0 Å². The van der Waals surface area contributed by atoms with E-state index in [1.165, 1.54) is 0 Å². The third kappa shape index (κ3) is 6.51. The Morgan fingerprint density at radius 2 is 1.95 bits per heavy atom. The summed E-state index contributed by atoms with van der Waals surface area (Å²) in [6.45, 7) is 3.73. The Kier molecular flexibility index (Phi) is 7.74. The molecular formula is C29H28F3N5O2. The maximum absolute atomic E-state index is 12.7. The van der Waals surface area contributed by atoms with E-state index >= 15 is 0 Å². The first kappa shape index (κ1) is 26.6. The van der Waals surface area contributed by atoms with Crippen molar-refractivity contribution in [2.24, 2.45) is 0 Å². The van der Waals surface area contributed by atoms with Crippen LogP contribution in [0, 0.1) is 6.92 Å². The highest BCUT2D eigenvalue weighted by Crippen LogP contribution is 2.38. The fraction of sp³-hybridized carbons (Fsp3) is 0.310. The van der Waals surface area contributed by atoms with E-state index in [1.807, 2.05) is 25.1 Å². The lowest BCUT2D eigenvalue weighted by molar-refractivity contribution is -0.151. The summed E-state index contributed by atoms with van der Waals surface area (Å²) >= 11 is 0. The Bertz CT molecular complexity index is 1490. The number of hydrogen-bond acceptors (Lipinski definition) is 7. The largest absolute Gasteiger partial charge is 0.437 e. The molecule has 7 nitrogen and oxygen atoms in total. The minimum atomic E-state index is -4.54. The molecule has 1 saturated heterocycles. The van der Waals surface area contributed by atoms with Crippen molar-refractivity contribution in [3.63, 3.8) is 0 Å². The summed E-state index contributed by atoms with van der Waals surface area (Å²) in [5.74, 6) is 0.474. The number of pyridine rings is 1. The minimum Gasteiger partial charge on any atom is -0.437 e. The molecule has 3 heterocycles. The van der Waals surface area contributed by atoms with Gasteiger partial charge in [-0.05, 0) is 61.0 Å². The van der Waals surface area contributed by atoms with E-state index < -0.39 is 18.4 Å². The number of ketones is 1. The zero-order valence-corrected chi connectivity index (χ0v) is 21.4. The van der Waals surface area contributed by atoms with Gasteiger partial charge in [0.15, 0.2) is 0 Å². The Hall–Kier alpha value is -4.05. The van der Waals surface area contributed by atoms with Crippen LogP contribution in [0.15, 0.2) is 60.9 Å². The van der Waals surface area contributed by atoms with Crippen LogP contribution >= 0.6 is 0 Å². The van der Waals surface area contributed by atoms with E-state index in [4.69, 9.17) is 9.72 Å². The lowest BCUT2D eigenvalue weighted by Gasteiger charge is -2.23. The van der Waals surface area contributed by atoms with E-state index in [1.54, 1.807) is 42.7 Å². The highest BCUT2D eigenvalue weighted by atomic mass is 19.4. The third-order valence-electron chi connectivity index (χ3n) is 6.62. The number of Topliss-reactive ketones (excluding diaryl/α,β-unsaturated/α-hetero) is 1. The van der Waals surface area contributed by atoms with Gasteiger partial charge in [-0.2, -0.15) is 13.2 Å². The van der Waals surface area contributed by atoms with Crippen molar-refractivity contribution in [1.82, 2.24) is 20.3 Å². The molecule has 2 aromatic carbocycles. The second kappa shape index (κ2) is 11.4. The van der Waals surface area contributed by atoms with Gasteiger partial charge in [0.2, 0.25) is 11.8 Å². The number of rotatable bonds is 8. The summed E-state index contributed by atoms with van der Waals surface area (Å²) < 4.78 is 44.6. The van der Waals surface area contributed by atoms with Crippen LogP contribution in [-0.2, 0) is 11.2 Å². The molecule has 2 aromatic heterocycles. The molecule has 10 heteroatoms. The van der Waals surface area contributed by atoms with Gasteiger partial charge in [-0.3, -0.25) is 4.79 Å². The normalized spacial score (nSPS) is 15.7. The molecule has 0 unspecified atom stereocenters. The zero-order valence-electron chi connectivity index (χ0n) is 21.4. The van der Waals surface area contributed by atoms with E-state index in [9.17, 15) is 18.0 Å². The molecule has 0 saturated carbocycles. The third-order valence-corrected chi connectivity index (χ3v) is 6.62. The Morgan fingerprint density at radius 1 is 1.08 bits per heavy atom. The van der Waals surface area contributed by atoms with Gasteiger partial charge in [-0.1, -0.05) is 30.3 Å². The molecule has 0 aliphatic carbocycles. The number of anilines is 1. The molecule has 1 atom stereocenters. The fourth-order valence-electron chi connectivity index (χ4n) is 4.79. The first-order valence-electron chi connectivity index (χ1n) is 12.8. The number of carbonyl (C=O) groups is 1. The minimum absolute atomic E-state index is 0.245. The maximum atomic E-state index is 12.7. The highest BCUT2D eigenvalue weighted by Gasteiger charge is 2.31. The van der Waals surface area contributed by atoms with Crippen molar-refractivity contribution in [3.05, 3.63) is 72.1 Å². The fourth-order valence-corrected chi connectivity index (χ4v) is 4.79. The molecule has 2 N–H and O–H groups in total. The number of ether oxygens (including phenoxy) is 1. The van der Waals surface area contributed by atoms with Crippen molar-refractivity contribution in [1.29, 1.82) is 0 Å². The van der Waals surface area contributed by atoms with Gasteiger partial charge in [-0.25, -0.2) is 15.0 Å². The molecule has 4 aromatic rings. The predicted octanol–water partition coefficient (Wildman–Crippen LogP) is 6.02. The summed E-state index contributed by atoms with van der Waals surface area (Å²) in [5.41, 5.74) is 2.62. The molecule has 0 radical (unpaired) electrons. The summed E-state index contributed by atoms with van der Waals surface area (Å²) in [7, 11) is 0. The quantitative estimate of drug-likeness (QED) is 0.285. The standard InChI is InChI=1S/C29H28F3N5O2/c1-18-9-10-22-19(15-21(38)16-29(30,31)32)5-2-7-23(22)26(18)39-27-24(8-4-13-34-27)25-11-14-35-28(37-25)36-20-6-3-12-33-17-20/h2,4-5,7-11,13-14,20,33H,3,6,12,15-17H2,1H3,(H,35,36,37)/t20-/m0/s1. The SMILES string of the molecule is Cc1ccc2c(CC(=O)CC(F)(F)F)cccc2c1Oc1ncccc1-c1ccnc(N[C@H]2CCCNC2)n1. The summed E-state index contributed by atoms with van der Waals surface area (Å²) in [6, 6.07) is 14.5. The van der Waals surface area contributed by atoms with Gasteiger partial charge in [0.1, 0.15) is 18.0 Å². The van der Waals surface area contributed by atoms with Crippen molar-refractivity contribution < 1.29 is 22.7 Å². The van der Waals surface area contributed by atoms with E-state index in [0.717, 1.165) is 31.5 Å². The van der Waals surface area contributed by atoms with Crippen LogP contribution < -0.4 is 15.4 Å². The number of hydrogen-bond donors (Lipinski definition) is 2. The van der Waals surface area contributed by atoms with Crippen molar-refractivity contribution in [2.45, 2.75) is 44.8 Å². The van der Waals surface area contributed by atoms with Crippen LogP contribution in [0.5, 0.6) is 11.6 Å². The Labute approximate surface area is 223 Å². The number of piperidine rings is 1. The monoisotopic (exact) mass is 535 g/mol. The lowest BCUT2D eigenvalue weighted by atomic mass is 9.97. The zero-order chi connectivity index (χ0) is 27.4. The number of carbonyl (C=O) groups excluding carboxylic acids is 1. The molecule has 1 fully saturated rings. The molecule has 202 valence electrons. The van der Waals surface area contributed by atoms with Gasteiger partial charge < -0.3 is 15.4 Å². The van der Waals surface area contributed by atoms with Gasteiger partial charge in [-0.15, -0.1) is 0 Å². The summed E-state index contributed by atoms with van der Waals surface area (Å²) in [5, 5.41) is 8.08. The number of alkyl halides is 3. The van der Waals surface area contributed by atoms with Crippen LogP contribution in [-0.4, -0.2) is 46.0 Å². The molecular weight excluding hydrogens is 507 g/mol. The average Bonchev–Trinajstić information content (AvgIpc) is 2.90. The Morgan fingerprint density at radius 3 is 2.74 bits per heavy atom. The number of benzene rings is 2. The van der Waals surface area contributed by atoms with Crippen LogP contribution in [0.25, 0.3) is 22.0 Å². The van der Waals surface area contributed by atoms with E-state index in [0.29, 0.717) is 45.2 Å².